The van der Waals surface area contributed by atoms with Crippen LogP contribution < -0.4 is 0 Å². The molecule has 6 heteroatoms. The highest BCUT2D eigenvalue weighted by atomic mass is 32.2. The first-order chi connectivity index (χ1) is 14.9. The Bertz CT molecular complexity index is 1300. The van der Waals surface area contributed by atoms with Crippen LogP contribution in [-0.4, -0.2) is 29.6 Å². The summed E-state index contributed by atoms with van der Waals surface area (Å²) in [7, 11) is -2.02. The minimum Gasteiger partial charge on any atom is -0.240 e. The normalized spacial score (nSPS) is 11.7. The SMILES string of the molecule is Cc1ccc(S(=O)(=O)N(C)Cc2cn(-c3ccccc3)nc2-c2ccccc2)cc1C. The molecule has 0 N–H and O–H groups in total. The highest BCUT2D eigenvalue weighted by Gasteiger charge is 2.24. The molecule has 3 aromatic carbocycles. The molecule has 31 heavy (non-hydrogen) atoms. The van der Waals surface area contributed by atoms with Gasteiger partial charge in [-0.1, -0.05) is 54.6 Å². The molecule has 158 valence electrons. The van der Waals surface area contributed by atoms with Gasteiger partial charge in [-0.3, -0.25) is 0 Å². The predicted octanol–water partition coefficient (Wildman–Crippen LogP) is 4.98. The van der Waals surface area contributed by atoms with Gasteiger partial charge in [-0.2, -0.15) is 9.40 Å². The number of sulfonamides is 1. The molecule has 0 aliphatic carbocycles. The molecular formula is C25H25N3O2S. The maximum Gasteiger partial charge on any atom is 0.243 e. The summed E-state index contributed by atoms with van der Waals surface area (Å²) in [6.07, 6.45) is 1.91. The Labute approximate surface area is 183 Å². The summed E-state index contributed by atoms with van der Waals surface area (Å²) in [5.74, 6) is 0. The number of aromatic nitrogens is 2. The molecule has 0 spiro atoms. The van der Waals surface area contributed by atoms with Crippen molar-refractivity contribution < 1.29 is 8.42 Å². The fourth-order valence-corrected chi connectivity index (χ4v) is 4.69. The van der Waals surface area contributed by atoms with Crippen molar-refractivity contribution in [1.29, 1.82) is 0 Å². The summed E-state index contributed by atoms with van der Waals surface area (Å²) in [6.45, 7) is 4.11. The number of rotatable bonds is 6. The van der Waals surface area contributed by atoms with Gasteiger partial charge in [-0.25, -0.2) is 13.1 Å². The molecule has 0 aliphatic heterocycles. The van der Waals surface area contributed by atoms with Crippen LogP contribution in [0.1, 0.15) is 16.7 Å². The molecule has 1 heterocycles. The highest BCUT2D eigenvalue weighted by Crippen LogP contribution is 2.27. The van der Waals surface area contributed by atoms with Crippen LogP contribution >= 0.6 is 0 Å². The van der Waals surface area contributed by atoms with E-state index < -0.39 is 10.0 Å². The average molecular weight is 432 g/mol. The lowest BCUT2D eigenvalue weighted by atomic mass is 10.1. The molecule has 0 fully saturated rings. The lowest BCUT2D eigenvalue weighted by Gasteiger charge is -2.18. The lowest BCUT2D eigenvalue weighted by molar-refractivity contribution is 0.467. The molecule has 1 aromatic heterocycles. The van der Waals surface area contributed by atoms with Crippen molar-refractivity contribution >= 4 is 10.0 Å². The summed E-state index contributed by atoms with van der Waals surface area (Å²) >= 11 is 0. The van der Waals surface area contributed by atoms with Gasteiger partial charge in [0.1, 0.15) is 0 Å². The minimum atomic E-state index is -3.63. The molecule has 0 bridgehead atoms. The Morgan fingerprint density at radius 3 is 2.16 bits per heavy atom. The monoisotopic (exact) mass is 431 g/mol. The van der Waals surface area contributed by atoms with E-state index in [0.29, 0.717) is 4.90 Å². The van der Waals surface area contributed by atoms with Gasteiger partial charge in [0.2, 0.25) is 10.0 Å². The van der Waals surface area contributed by atoms with Crippen molar-refractivity contribution in [2.45, 2.75) is 25.3 Å². The van der Waals surface area contributed by atoms with E-state index in [9.17, 15) is 8.42 Å². The zero-order chi connectivity index (χ0) is 22.0. The van der Waals surface area contributed by atoms with E-state index in [1.165, 1.54) is 4.31 Å². The molecular weight excluding hydrogens is 406 g/mol. The van der Waals surface area contributed by atoms with Crippen LogP contribution in [0, 0.1) is 13.8 Å². The first-order valence-electron chi connectivity index (χ1n) is 10.1. The molecule has 0 aliphatic rings. The number of nitrogens with zero attached hydrogens (tertiary/aromatic N) is 3. The van der Waals surface area contributed by atoms with Crippen LogP contribution in [0.3, 0.4) is 0 Å². The summed E-state index contributed by atoms with van der Waals surface area (Å²) in [5, 5.41) is 4.78. The molecule has 4 rings (SSSR count). The summed E-state index contributed by atoms with van der Waals surface area (Å²) < 4.78 is 29.6. The topological polar surface area (TPSA) is 55.2 Å². The zero-order valence-corrected chi connectivity index (χ0v) is 18.7. The summed E-state index contributed by atoms with van der Waals surface area (Å²) in [4.78, 5) is 0.301. The Kier molecular flexibility index (Phi) is 5.76. The highest BCUT2D eigenvalue weighted by molar-refractivity contribution is 7.89. The average Bonchev–Trinajstić information content (AvgIpc) is 3.20. The molecule has 0 saturated carbocycles. The smallest absolute Gasteiger partial charge is 0.240 e. The van der Waals surface area contributed by atoms with Crippen LogP contribution in [0.5, 0.6) is 0 Å². The zero-order valence-electron chi connectivity index (χ0n) is 17.9. The van der Waals surface area contributed by atoms with E-state index in [-0.39, 0.29) is 6.54 Å². The summed E-state index contributed by atoms with van der Waals surface area (Å²) in [6, 6.07) is 24.9. The third-order valence-electron chi connectivity index (χ3n) is 5.44. The van der Waals surface area contributed by atoms with E-state index >= 15 is 0 Å². The standard InChI is InChI=1S/C25H25N3O2S/c1-19-14-15-24(16-20(19)2)31(29,30)27(3)17-22-18-28(23-12-8-5-9-13-23)26-25(22)21-10-6-4-7-11-21/h4-16,18H,17H2,1-3H3. The largest absolute Gasteiger partial charge is 0.243 e. The van der Waals surface area contributed by atoms with Crippen molar-refractivity contribution in [3.05, 3.63) is 102 Å². The Morgan fingerprint density at radius 2 is 1.52 bits per heavy atom. The third-order valence-corrected chi connectivity index (χ3v) is 7.24. The lowest BCUT2D eigenvalue weighted by Crippen LogP contribution is -2.26. The second kappa shape index (κ2) is 8.49. The number of benzene rings is 3. The van der Waals surface area contributed by atoms with Gasteiger partial charge < -0.3 is 0 Å². The van der Waals surface area contributed by atoms with Gasteiger partial charge in [0.25, 0.3) is 0 Å². The maximum atomic E-state index is 13.2. The van der Waals surface area contributed by atoms with E-state index in [2.05, 4.69) is 0 Å². The van der Waals surface area contributed by atoms with Gasteiger partial charge in [0.05, 0.1) is 16.3 Å². The first kappa shape index (κ1) is 21.0. The van der Waals surface area contributed by atoms with Crippen LogP contribution in [0.25, 0.3) is 16.9 Å². The van der Waals surface area contributed by atoms with Crippen molar-refractivity contribution in [2.24, 2.45) is 0 Å². The van der Waals surface area contributed by atoms with Crippen LogP contribution in [-0.2, 0) is 16.6 Å². The molecule has 5 nitrogen and oxygen atoms in total. The van der Waals surface area contributed by atoms with Gasteiger partial charge >= 0.3 is 0 Å². The fraction of sp³-hybridized carbons (Fsp3) is 0.160. The maximum absolute atomic E-state index is 13.2. The molecule has 4 aromatic rings. The van der Waals surface area contributed by atoms with Crippen molar-refractivity contribution in [3.8, 4) is 16.9 Å². The molecule has 0 amide bonds. The molecule has 0 radical (unpaired) electrons. The number of hydrogen-bond donors (Lipinski definition) is 0. The van der Waals surface area contributed by atoms with E-state index in [1.54, 1.807) is 23.9 Å². The fourth-order valence-electron chi connectivity index (χ4n) is 3.46. The van der Waals surface area contributed by atoms with Crippen LogP contribution in [0.4, 0.5) is 0 Å². The van der Waals surface area contributed by atoms with E-state index in [0.717, 1.165) is 33.6 Å². The Morgan fingerprint density at radius 1 is 0.871 bits per heavy atom. The van der Waals surface area contributed by atoms with E-state index in [4.69, 9.17) is 5.10 Å². The number of hydrogen-bond acceptors (Lipinski definition) is 3. The number of aryl methyl sites for hydroxylation is 2. The quantitative estimate of drug-likeness (QED) is 0.433. The van der Waals surface area contributed by atoms with Gasteiger partial charge in [0.15, 0.2) is 0 Å². The summed E-state index contributed by atoms with van der Waals surface area (Å²) in [5.41, 5.74) is 5.50. The molecule has 0 unspecified atom stereocenters. The Balaban J connectivity index is 1.73. The van der Waals surface area contributed by atoms with Gasteiger partial charge in [-0.05, 0) is 49.2 Å². The minimum absolute atomic E-state index is 0.215. The third kappa shape index (κ3) is 4.31. The van der Waals surface area contributed by atoms with E-state index in [1.807, 2.05) is 86.8 Å². The van der Waals surface area contributed by atoms with Crippen molar-refractivity contribution in [1.82, 2.24) is 14.1 Å². The predicted molar refractivity (Wildman–Crippen MR) is 124 cm³/mol. The molecule has 0 saturated heterocycles. The second-order valence-corrected chi connectivity index (χ2v) is 9.70. The van der Waals surface area contributed by atoms with Crippen LogP contribution in [0.2, 0.25) is 0 Å². The van der Waals surface area contributed by atoms with Crippen LogP contribution in [0.15, 0.2) is 90.0 Å². The number of para-hydroxylation sites is 1. The van der Waals surface area contributed by atoms with Gasteiger partial charge in [0, 0.05) is 30.9 Å². The second-order valence-electron chi connectivity index (χ2n) is 7.66. The van der Waals surface area contributed by atoms with Crippen molar-refractivity contribution in [2.75, 3.05) is 7.05 Å². The van der Waals surface area contributed by atoms with Gasteiger partial charge in [-0.15, -0.1) is 0 Å². The Hall–Kier alpha value is -3.22. The first-order valence-corrected chi connectivity index (χ1v) is 11.5. The van der Waals surface area contributed by atoms with Crippen molar-refractivity contribution in [3.63, 3.8) is 0 Å². The molecule has 0 atom stereocenters.